The van der Waals surface area contributed by atoms with Crippen LogP contribution in [-0.4, -0.2) is 37.0 Å². The molecule has 0 saturated carbocycles. The Morgan fingerprint density at radius 1 is 1.32 bits per heavy atom. The summed E-state index contributed by atoms with van der Waals surface area (Å²) in [4.78, 5) is 8.34. The number of rotatable bonds is 2. The average molecular weight is 295 g/mol. The molecule has 1 N–H and O–H groups in total. The molecule has 2 unspecified atom stereocenters. The number of aromatic nitrogens is 3. The van der Waals surface area contributed by atoms with Crippen molar-refractivity contribution in [1.82, 2.24) is 15.1 Å². The van der Waals surface area contributed by atoms with E-state index in [-0.39, 0.29) is 11.0 Å². The van der Waals surface area contributed by atoms with Crippen molar-refractivity contribution in [3.8, 4) is 17.2 Å². The van der Waals surface area contributed by atoms with Gasteiger partial charge in [-0.25, -0.2) is 0 Å². The van der Waals surface area contributed by atoms with E-state index in [4.69, 9.17) is 4.52 Å². The highest BCUT2D eigenvalue weighted by Gasteiger charge is 2.28. The second-order valence-electron chi connectivity index (χ2n) is 4.26. The van der Waals surface area contributed by atoms with E-state index in [1.165, 1.54) is 11.9 Å². The third kappa shape index (κ3) is 2.71. The van der Waals surface area contributed by atoms with Gasteiger partial charge in [-0.1, -0.05) is 12.1 Å². The smallest absolute Gasteiger partial charge is 0.259 e. The molecule has 1 fully saturated rings. The van der Waals surface area contributed by atoms with Crippen molar-refractivity contribution in [2.24, 2.45) is 0 Å². The molecule has 100 valence electrons. The van der Waals surface area contributed by atoms with Crippen LogP contribution in [0, 0.1) is 0 Å². The van der Waals surface area contributed by atoms with Gasteiger partial charge in [0.15, 0.2) is 5.82 Å². The highest BCUT2D eigenvalue weighted by atomic mass is 32.2. The molecule has 0 amide bonds. The molecule has 0 bridgehead atoms. The van der Waals surface area contributed by atoms with Crippen LogP contribution in [0.3, 0.4) is 0 Å². The normalized spacial score (nSPS) is 23.4. The second-order valence-corrected chi connectivity index (χ2v) is 6.99. The lowest BCUT2D eigenvalue weighted by atomic mass is 10.2. The summed E-state index contributed by atoms with van der Waals surface area (Å²) in [5, 5.41) is 14.2. The number of pyridine rings is 1. The number of hydrogen-bond donors (Lipinski definition) is 1. The monoisotopic (exact) mass is 295 g/mol. The summed E-state index contributed by atoms with van der Waals surface area (Å²) in [6, 6.07) is 1.57. The van der Waals surface area contributed by atoms with Crippen molar-refractivity contribution in [3.05, 3.63) is 24.3 Å². The van der Waals surface area contributed by atoms with E-state index in [0.717, 1.165) is 11.6 Å². The lowest BCUT2D eigenvalue weighted by molar-refractivity contribution is 0.421. The topological polar surface area (TPSA) is 72.0 Å². The summed E-state index contributed by atoms with van der Waals surface area (Å²) in [5.41, 5.74) is 0.639. The van der Waals surface area contributed by atoms with Crippen LogP contribution in [0.2, 0.25) is 0 Å². The lowest BCUT2D eigenvalue weighted by Gasteiger charge is -2.24. The van der Waals surface area contributed by atoms with Gasteiger partial charge in [0.2, 0.25) is 0 Å². The maximum atomic E-state index is 9.41. The van der Waals surface area contributed by atoms with Gasteiger partial charge in [0.1, 0.15) is 5.75 Å². The van der Waals surface area contributed by atoms with Crippen LogP contribution in [0.5, 0.6) is 5.75 Å². The molecule has 1 aliphatic rings. The second kappa shape index (κ2) is 5.42. The first kappa shape index (κ1) is 12.8. The zero-order valence-electron chi connectivity index (χ0n) is 10.3. The quantitative estimate of drug-likeness (QED) is 0.913. The van der Waals surface area contributed by atoms with Gasteiger partial charge in [0.05, 0.1) is 17.0 Å². The van der Waals surface area contributed by atoms with Crippen molar-refractivity contribution < 1.29 is 9.63 Å². The molecular formula is C12H13N3O2S2. The van der Waals surface area contributed by atoms with Gasteiger partial charge in [-0.15, -0.1) is 11.8 Å². The number of hydrogen-bond acceptors (Lipinski definition) is 7. The minimum atomic E-state index is 0.0909. The van der Waals surface area contributed by atoms with Crippen LogP contribution >= 0.6 is 23.5 Å². The van der Waals surface area contributed by atoms with Crippen LogP contribution in [-0.2, 0) is 0 Å². The first-order valence-electron chi connectivity index (χ1n) is 5.95. The fourth-order valence-corrected chi connectivity index (χ4v) is 4.61. The molecular weight excluding hydrogens is 282 g/mol. The summed E-state index contributed by atoms with van der Waals surface area (Å²) in [5.74, 6) is 3.50. The Morgan fingerprint density at radius 2 is 2.16 bits per heavy atom. The number of nitrogens with zero attached hydrogens (tertiary/aromatic N) is 3. The molecule has 2 aromatic rings. The van der Waals surface area contributed by atoms with Gasteiger partial charge in [-0.05, 0) is 6.07 Å². The Kier molecular flexibility index (Phi) is 3.65. The zero-order chi connectivity index (χ0) is 13.2. The van der Waals surface area contributed by atoms with E-state index in [1.807, 2.05) is 23.5 Å². The van der Waals surface area contributed by atoms with Gasteiger partial charge in [0, 0.05) is 23.0 Å². The summed E-state index contributed by atoms with van der Waals surface area (Å²) < 4.78 is 5.27. The SMILES string of the molecule is CC1SCCSC1c1noc(-c2cncc(O)c2)n1. The molecule has 2 atom stereocenters. The first-order valence-corrected chi connectivity index (χ1v) is 8.05. The average Bonchev–Trinajstić information content (AvgIpc) is 2.89. The van der Waals surface area contributed by atoms with Crippen LogP contribution in [0.15, 0.2) is 23.0 Å². The summed E-state index contributed by atoms with van der Waals surface area (Å²) >= 11 is 3.80. The third-order valence-electron chi connectivity index (χ3n) is 2.85. The van der Waals surface area contributed by atoms with Crippen molar-refractivity contribution in [3.63, 3.8) is 0 Å². The number of thioether (sulfide) groups is 2. The van der Waals surface area contributed by atoms with Gasteiger partial charge in [0.25, 0.3) is 5.89 Å². The largest absolute Gasteiger partial charge is 0.506 e. The molecule has 1 aliphatic heterocycles. The molecule has 1 saturated heterocycles. The summed E-state index contributed by atoms with van der Waals surface area (Å²) in [6.07, 6.45) is 2.97. The van der Waals surface area contributed by atoms with Gasteiger partial charge in [-0.3, -0.25) is 4.98 Å². The lowest BCUT2D eigenvalue weighted by Crippen LogP contribution is -2.16. The Labute approximate surface area is 119 Å². The van der Waals surface area contributed by atoms with E-state index >= 15 is 0 Å². The number of aromatic hydroxyl groups is 1. The van der Waals surface area contributed by atoms with Gasteiger partial charge < -0.3 is 9.63 Å². The molecule has 3 heterocycles. The van der Waals surface area contributed by atoms with E-state index < -0.39 is 0 Å². The van der Waals surface area contributed by atoms with E-state index in [0.29, 0.717) is 16.7 Å². The van der Waals surface area contributed by atoms with Crippen LogP contribution < -0.4 is 0 Å². The molecule has 3 rings (SSSR count). The zero-order valence-corrected chi connectivity index (χ0v) is 11.9. The molecule has 7 heteroatoms. The van der Waals surface area contributed by atoms with Crippen molar-refractivity contribution in [2.75, 3.05) is 11.5 Å². The van der Waals surface area contributed by atoms with Gasteiger partial charge in [-0.2, -0.15) is 16.7 Å². The predicted octanol–water partition coefficient (Wildman–Crippen LogP) is 2.75. The molecule has 0 radical (unpaired) electrons. The molecule has 0 aliphatic carbocycles. The van der Waals surface area contributed by atoms with Crippen LogP contribution in [0.25, 0.3) is 11.5 Å². The Balaban J connectivity index is 1.86. The van der Waals surface area contributed by atoms with E-state index in [2.05, 4.69) is 22.0 Å². The summed E-state index contributed by atoms with van der Waals surface area (Å²) in [7, 11) is 0. The predicted molar refractivity (Wildman–Crippen MR) is 76.3 cm³/mol. The fraction of sp³-hybridized carbons (Fsp3) is 0.417. The standard InChI is InChI=1S/C12H13N3O2S2/c1-7-10(19-3-2-18-7)11-14-12(17-15-11)8-4-9(16)6-13-5-8/h4-7,10,16H,2-3H2,1H3. The van der Waals surface area contributed by atoms with Crippen LogP contribution in [0.4, 0.5) is 0 Å². The molecule has 19 heavy (non-hydrogen) atoms. The summed E-state index contributed by atoms with van der Waals surface area (Å²) in [6.45, 7) is 2.19. The highest BCUT2D eigenvalue weighted by Crippen LogP contribution is 2.41. The van der Waals surface area contributed by atoms with Crippen LogP contribution in [0.1, 0.15) is 18.0 Å². The Hall–Kier alpha value is -1.21. The Bertz CT molecular complexity index is 576. The molecule has 5 nitrogen and oxygen atoms in total. The molecule has 0 spiro atoms. The minimum absolute atomic E-state index is 0.0909. The van der Waals surface area contributed by atoms with E-state index in [1.54, 1.807) is 12.3 Å². The minimum Gasteiger partial charge on any atom is -0.506 e. The molecule has 2 aromatic heterocycles. The maximum absolute atomic E-state index is 9.41. The molecule has 0 aromatic carbocycles. The fourth-order valence-electron chi connectivity index (χ4n) is 1.93. The van der Waals surface area contributed by atoms with Crippen molar-refractivity contribution in [1.29, 1.82) is 0 Å². The Morgan fingerprint density at radius 3 is 2.95 bits per heavy atom. The van der Waals surface area contributed by atoms with Crippen molar-refractivity contribution in [2.45, 2.75) is 17.4 Å². The van der Waals surface area contributed by atoms with Gasteiger partial charge >= 0.3 is 0 Å². The van der Waals surface area contributed by atoms with E-state index in [9.17, 15) is 5.11 Å². The van der Waals surface area contributed by atoms with Crippen molar-refractivity contribution >= 4 is 23.5 Å². The highest BCUT2D eigenvalue weighted by molar-refractivity contribution is 8.06. The maximum Gasteiger partial charge on any atom is 0.259 e. The first-order chi connectivity index (χ1) is 9.24. The third-order valence-corrected chi connectivity index (χ3v) is 5.94.